The van der Waals surface area contributed by atoms with E-state index in [9.17, 15) is 0 Å². The molecule has 0 aliphatic carbocycles. The number of benzene rings is 2. The molecule has 0 radical (unpaired) electrons. The van der Waals surface area contributed by atoms with Crippen molar-refractivity contribution in [2.45, 2.75) is 19.3 Å². The van der Waals surface area contributed by atoms with Crippen molar-refractivity contribution >= 4 is 5.69 Å². The van der Waals surface area contributed by atoms with Crippen LogP contribution in [0.15, 0.2) is 42.5 Å². The predicted molar refractivity (Wildman–Crippen MR) is 94.8 cm³/mol. The predicted octanol–water partition coefficient (Wildman–Crippen LogP) is 3.88. The summed E-state index contributed by atoms with van der Waals surface area (Å²) in [4.78, 5) is 2.10. The molecule has 1 atom stereocenters. The Morgan fingerprint density at radius 1 is 1.09 bits per heavy atom. The average Bonchev–Trinajstić information content (AvgIpc) is 2.54. The molecule has 0 spiro atoms. The summed E-state index contributed by atoms with van der Waals surface area (Å²) in [5.41, 5.74) is 10.5. The molecule has 0 saturated carbocycles. The highest BCUT2D eigenvalue weighted by molar-refractivity contribution is 5.73. The molecule has 0 fully saturated rings. The van der Waals surface area contributed by atoms with Gasteiger partial charge in [0.1, 0.15) is 5.75 Å². The molecule has 2 aromatic carbocycles. The number of nitrogens with two attached hydrogens (primary N) is 1. The number of methoxy groups -OCH3 is 1. The molecule has 1 unspecified atom stereocenters. The Labute approximate surface area is 133 Å². The van der Waals surface area contributed by atoms with Crippen molar-refractivity contribution in [1.29, 1.82) is 0 Å². The van der Waals surface area contributed by atoms with Gasteiger partial charge in [0.05, 0.1) is 7.11 Å². The van der Waals surface area contributed by atoms with E-state index in [1.807, 2.05) is 14.1 Å². The van der Waals surface area contributed by atoms with Crippen LogP contribution in [0.1, 0.15) is 24.8 Å². The van der Waals surface area contributed by atoms with Crippen molar-refractivity contribution < 1.29 is 4.74 Å². The number of rotatable bonds is 6. The Kier molecular flexibility index (Phi) is 5.45. The zero-order chi connectivity index (χ0) is 16.1. The van der Waals surface area contributed by atoms with Gasteiger partial charge in [-0.1, -0.05) is 25.1 Å². The number of hydrogen-bond donors (Lipinski definition) is 1. The highest BCUT2D eigenvalue weighted by atomic mass is 16.5. The van der Waals surface area contributed by atoms with Gasteiger partial charge in [-0.2, -0.15) is 0 Å². The maximum absolute atomic E-state index is 5.69. The normalized spacial score (nSPS) is 12.0. The average molecular weight is 298 g/mol. The van der Waals surface area contributed by atoms with E-state index in [0.717, 1.165) is 17.7 Å². The van der Waals surface area contributed by atoms with Crippen LogP contribution in [-0.2, 0) is 0 Å². The minimum absolute atomic E-state index is 0.454. The third-order valence-electron chi connectivity index (χ3n) is 4.09. The van der Waals surface area contributed by atoms with Crippen LogP contribution in [0, 0.1) is 0 Å². The minimum atomic E-state index is 0.454. The first-order chi connectivity index (χ1) is 10.6. The molecule has 0 heterocycles. The zero-order valence-electron chi connectivity index (χ0n) is 14.0. The van der Waals surface area contributed by atoms with Crippen LogP contribution in [0.25, 0.3) is 11.1 Å². The first-order valence-electron chi connectivity index (χ1n) is 7.72. The number of anilines is 1. The maximum Gasteiger partial charge on any atom is 0.126 e. The topological polar surface area (TPSA) is 38.5 Å². The first-order valence-corrected chi connectivity index (χ1v) is 7.72. The summed E-state index contributed by atoms with van der Waals surface area (Å²) in [5.74, 6) is 1.36. The molecular formula is C19H26N2O. The van der Waals surface area contributed by atoms with Crippen molar-refractivity contribution in [3.8, 4) is 16.9 Å². The second-order valence-corrected chi connectivity index (χ2v) is 5.88. The second kappa shape index (κ2) is 7.32. The standard InChI is InChI=1S/C19H26N2O/c1-14(11-12-20)16-7-10-19(22-4)18(13-16)15-5-8-17(9-6-15)21(2)3/h5-10,13-14H,11-12,20H2,1-4H3. The largest absolute Gasteiger partial charge is 0.496 e. The molecule has 2 rings (SSSR count). The monoisotopic (exact) mass is 298 g/mol. The van der Waals surface area contributed by atoms with Gasteiger partial charge >= 0.3 is 0 Å². The molecule has 0 bridgehead atoms. The Bertz CT molecular complexity index is 605. The fraction of sp³-hybridized carbons (Fsp3) is 0.368. The molecule has 0 saturated heterocycles. The summed E-state index contributed by atoms with van der Waals surface area (Å²) >= 11 is 0. The van der Waals surface area contributed by atoms with Gasteiger partial charge in [-0.15, -0.1) is 0 Å². The van der Waals surface area contributed by atoms with Crippen LogP contribution in [0.2, 0.25) is 0 Å². The van der Waals surface area contributed by atoms with Crippen LogP contribution in [0.3, 0.4) is 0 Å². The summed E-state index contributed by atoms with van der Waals surface area (Å²) < 4.78 is 5.54. The molecule has 0 amide bonds. The quantitative estimate of drug-likeness (QED) is 0.879. The van der Waals surface area contributed by atoms with E-state index in [2.05, 4.69) is 54.3 Å². The van der Waals surface area contributed by atoms with Crippen LogP contribution < -0.4 is 15.4 Å². The van der Waals surface area contributed by atoms with Crippen molar-refractivity contribution in [2.75, 3.05) is 32.6 Å². The Morgan fingerprint density at radius 3 is 2.32 bits per heavy atom. The van der Waals surface area contributed by atoms with E-state index in [-0.39, 0.29) is 0 Å². The summed E-state index contributed by atoms with van der Waals surface area (Å²) in [6.45, 7) is 2.92. The molecule has 0 aliphatic heterocycles. The fourth-order valence-electron chi connectivity index (χ4n) is 2.61. The van der Waals surface area contributed by atoms with E-state index in [1.54, 1.807) is 7.11 Å². The maximum atomic E-state index is 5.69. The molecule has 118 valence electrons. The van der Waals surface area contributed by atoms with Crippen molar-refractivity contribution in [3.63, 3.8) is 0 Å². The molecule has 0 aromatic heterocycles. The van der Waals surface area contributed by atoms with Crippen LogP contribution >= 0.6 is 0 Å². The van der Waals surface area contributed by atoms with Gasteiger partial charge in [0.2, 0.25) is 0 Å². The lowest BCUT2D eigenvalue weighted by Crippen LogP contribution is -2.08. The fourth-order valence-corrected chi connectivity index (χ4v) is 2.61. The van der Waals surface area contributed by atoms with E-state index in [4.69, 9.17) is 10.5 Å². The van der Waals surface area contributed by atoms with E-state index >= 15 is 0 Å². The van der Waals surface area contributed by atoms with Gasteiger partial charge in [-0.05, 0) is 54.3 Å². The van der Waals surface area contributed by atoms with Crippen LogP contribution in [-0.4, -0.2) is 27.7 Å². The van der Waals surface area contributed by atoms with Gasteiger partial charge in [0, 0.05) is 25.3 Å². The minimum Gasteiger partial charge on any atom is -0.496 e. The molecule has 3 nitrogen and oxygen atoms in total. The Balaban J connectivity index is 2.40. The molecule has 0 aliphatic rings. The highest BCUT2D eigenvalue weighted by Gasteiger charge is 2.11. The third kappa shape index (κ3) is 3.60. The number of nitrogens with zero attached hydrogens (tertiary/aromatic N) is 1. The molecule has 22 heavy (non-hydrogen) atoms. The molecular weight excluding hydrogens is 272 g/mol. The first kappa shape index (κ1) is 16.4. The lowest BCUT2D eigenvalue weighted by molar-refractivity contribution is 0.416. The summed E-state index contributed by atoms with van der Waals surface area (Å²) in [6, 6.07) is 15.0. The van der Waals surface area contributed by atoms with Gasteiger partial charge in [0.15, 0.2) is 0 Å². The van der Waals surface area contributed by atoms with Gasteiger partial charge < -0.3 is 15.4 Å². The molecule has 3 heteroatoms. The summed E-state index contributed by atoms with van der Waals surface area (Å²) in [7, 11) is 5.81. The molecule has 2 aromatic rings. The van der Waals surface area contributed by atoms with Crippen LogP contribution in [0.4, 0.5) is 5.69 Å². The summed E-state index contributed by atoms with van der Waals surface area (Å²) in [5, 5.41) is 0. The van der Waals surface area contributed by atoms with E-state index in [1.165, 1.54) is 16.8 Å². The van der Waals surface area contributed by atoms with Gasteiger partial charge in [-0.3, -0.25) is 0 Å². The SMILES string of the molecule is COc1ccc(C(C)CCN)cc1-c1ccc(N(C)C)cc1. The van der Waals surface area contributed by atoms with E-state index in [0.29, 0.717) is 12.5 Å². The highest BCUT2D eigenvalue weighted by Crippen LogP contribution is 2.34. The Morgan fingerprint density at radius 2 is 1.77 bits per heavy atom. The van der Waals surface area contributed by atoms with Crippen molar-refractivity contribution in [3.05, 3.63) is 48.0 Å². The molecule has 2 N–H and O–H groups in total. The van der Waals surface area contributed by atoms with Gasteiger partial charge in [-0.25, -0.2) is 0 Å². The van der Waals surface area contributed by atoms with Crippen LogP contribution in [0.5, 0.6) is 5.75 Å². The zero-order valence-corrected chi connectivity index (χ0v) is 14.0. The van der Waals surface area contributed by atoms with E-state index < -0.39 is 0 Å². The summed E-state index contributed by atoms with van der Waals surface area (Å²) in [6.07, 6.45) is 0.991. The lowest BCUT2D eigenvalue weighted by atomic mass is 9.93. The third-order valence-corrected chi connectivity index (χ3v) is 4.09. The Hall–Kier alpha value is -2.00. The smallest absolute Gasteiger partial charge is 0.126 e. The lowest BCUT2D eigenvalue weighted by Gasteiger charge is -2.16. The van der Waals surface area contributed by atoms with Gasteiger partial charge in [0.25, 0.3) is 0 Å². The number of ether oxygens (including phenoxy) is 1. The van der Waals surface area contributed by atoms with Crippen molar-refractivity contribution in [1.82, 2.24) is 0 Å². The number of hydrogen-bond acceptors (Lipinski definition) is 3. The second-order valence-electron chi connectivity index (χ2n) is 5.88. The van der Waals surface area contributed by atoms with Crippen molar-refractivity contribution in [2.24, 2.45) is 5.73 Å².